The fraction of sp³-hybridized carbons (Fsp3) is 0.750. The largest absolute Gasteiger partial charge is 0.488 e. The molecule has 1 saturated heterocycles. The van der Waals surface area contributed by atoms with Gasteiger partial charge in [0.15, 0.2) is 5.75 Å². The van der Waals surface area contributed by atoms with Crippen molar-refractivity contribution in [1.29, 1.82) is 0 Å². The molecular weight excluding hydrogens is 204 g/mol. The predicted octanol–water partition coefficient (Wildman–Crippen LogP) is 2.41. The third-order valence-corrected chi connectivity index (χ3v) is 2.82. The van der Waals surface area contributed by atoms with Gasteiger partial charge in [-0.2, -0.15) is 5.10 Å². The van der Waals surface area contributed by atoms with E-state index >= 15 is 0 Å². The van der Waals surface area contributed by atoms with E-state index in [0.717, 1.165) is 18.8 Å². The molecule has 16 heavy (non-hydrogen) atoms. The highest BCUT2D eigenvalue weighted by Gasteiger charge is 2.14. The smallest absolute Gasteiger partial charge is 0.157 e. The highest BCUT2D eigenvalue weighted by molar-refractivity contribution is 5.12. The van der Waals surface area contributed by atoms with Gasteiger partial charge in [-0.15, -0.1) is 0 Å². The molecule has 1 fully saturated rings. The van der Waals surface area contributed by atoms with E-state index in [4.69, 9.17) is 9.47 Å². The lowest BCUT2D eigenvalue weighted by molar-refractivity contribution is -0.0110. The van der Waals surface area contributed by atoms with Crippen LogP contribution in [-0.4, -0.2) is 29.1 Å². The zero-order chi connectivity index (χ0) is 11.4. The van der Waals surface area contributed by atoms with Crippen LogP contribution in [0.5, 0.6) is 5.75 Å². The molecule has 0 N–H and O–H groups in total. The summed E-state index contributed by atoms with van der Waals surface area (Å²) in [6, 6.07) is 0.378. The second-order valence-electron chi connectivity index (χ2n) is 4.55. The second kappa shape index (κ2) is 5.34. The lowest BCUT2D eigenvalue weighted by atomic mass is 10.1. The summed E-state index contributed by atoms with van der Waals surface area (Å²) in [6.07, 6.45) is 7.51. The zero-order valence-electron chi connectivity index (χ0n) is 10.1. The van der Waals surface area contributed by atoms with Crippen molar-refractivity contribution in [2.45, 2.75) is 45.3 Å². The first-order valence-corrected chi connectivity index (χ1v) is 6.04. The molecule has 1 aromatic heterocycles. The Morgan fingerprint density at radius 3 is 3.06 bits per heavy atom. The highest BCUT2D eigenvalue weighted by atomic mass is 16.5. The van der Waals surface area contributed by atoms with Gasteiger partial charge in [0, 0.05) is 12.6 Å². The lowest BCUT2D eigenvalue weighted by Crippen LogP contribution is -2.25. The molecule has 0 saturated carbocycles. The minimum Gasteiger partial charge on any atom is -0.488 e. The first-order chi connectivity index (χ1) is 7.75. The quantitative estimate of drug-likeness (QED) is 0.788. The topological polar surface area (TPSA) is 36.3 Å². The van der Waals surface area contributed by atoms with Crippen LogP contribution < -0.4 is 4.74 Å². The van der Waals surface area contributed by atoms with Gasteiger partial charge in [0.2, 0.25) is 0 Å². The third-order valence-electron chi connectivity index (χ3n) is 2.82. The van der Waals surface area contributed by atoms with Crippen molar-refractivity contribution in [1.82, 2.24) is 9.78 Å². The van der Waals surface area contributed by atoms with Crippen molar-refractivity contribution < 1.29 is 9.47 Å². The first-order valence-electron chi connectivity index (χ1n) is 6.04. The molecule has 0 bridgehead atoms. The third kappa shape index (κ3) is 2.98. The Morgan fingerprint density at radius 2 is 2.44 bits per heavy atom. The molecule has 4 heteroatoms. The Morgan fingerprint density at radius 1 is 1.56 bits per heavy atom. The van der Waals surface area contributed by atoms with Crippen molar-refractivity contribution >= 4 is 0 Å². The van der Waals surface area contributed by atoms with Gasteiger partial charge in [0.1, 0.15) is 6.61 Å². The number of nitrogens with zero attached hydrogens (tertiary/aromatic N) is 2. The Labute approximate surface area is 96.5 Å². The van der Waals surface area contributed by atoms with Gasteiger partial charge in [0.25, 0.3) is 0 Å². The van der Waals surface area contributed by atoms with E-state index in [-0.39, 0.29) is 6.10 Å². The summed E-state index contributed by atoms with van der Waals surface area (Å²) in [6.45, 7) is 5.71. The average Bonchev–Trinajstić information content (AvgIpc) is 2.76. The van der Waals surface area contributed by atoms with Crippen LogP contribution in [0.15, 0.2) is 12.4 Å². The molecule has 0 aliphatic carbocycles. The Bertz CT molecular complexity index is 317. The molecule has 1 atom stereocenters. The van der Waals surface area contributed by atoms with Gasteiger partial charge >= 0.3 is 0 Å². The van der Waals surface area contributed by atoms with Crippen LogP contribution in [0.3, 0.4) is 0 Å². The fourth-order valence-electron chi connectivity index (χ4n) is 1.81. The summed E-state index contributed by atoms with van der Waals surface area (Å²) in [5, 5.41) is 4.23. The standard InChI is InChI=1S/C12H20N2O2/c1-10(2)14-8-12(7-13-14)16-9-11-5-3-4-6-15-11/h7-8,10-11H,3-6,9H2,1-2H3. The SMILES string of the molecule is CC(C)n1cc(OCC2CCCCO2)cn1. The molecule has 0 amide bonds. The maximum Gasteiger partial charge on any atom is 0.157 e. The Kier molecular flexibility index (Phi) is 3.83. The van der Waals surface area contributed by atoms with Gasteiger partial charge in [0.05, 0.1) is 18.5 Å². The maximum absolute atomic E-state index is 5.67. The summed E-state index contributed by atoms with van der Waals surface area (Å²) >= 11 is 0. The second-order valence-corrected chi connectivity index (χ2v) is 4.55. The van der Waals surface area contributed by atoms with Gasteiger partial charge in [-0.1, -0.05) is 0 Å². The molecule has 2 heterocycles. The van der Waals surface area contributed by atoms with E-state index in [9.17, 15) is 0 Å². The fourth-order valence-corrected chi connectivity index (χ4v) is 1.81. The van der Waals surface area contributed by atoms with E-state index in [0.29, 0.717) is 12.6 Å². The van der Waals surface area contributed by atoms with E-state index in [1.54, 1.807) is 6.20 Å². The molecule has 0 radical (unpaired) electrons. The van der Waals surface area contributed by atoms with E-state index in [1.165, 1.54) is 12.8 Å². The summed E-state index contributed by atoms with van der Waals surface area (Å²) in [5.41, 5.74) is 0. The van der Waals surface area contributed by atoms with Crippen molar-refractivity contribution in [2.24, 2.45) is 0 Å². The minimum atomic E-state index is 0.260. The molecule has 0 spiro atoms. The number of hydrogen-bond acceptors (Lipinski definition) is 3. The van der Waals surface area contributed by atoms with E-state index < -0.39 is 0 Å². The van der Waals surface area contributed by atoms with Crippen LogP contribution in [0.2, 0.25) is 0 Å². The number of rotatable bonds is 4. The first kappa shape index (κ1) is 11.5. The van der Waals surface area contributed by atoms with Crippen LogP contribution >= 0.6 is 0 Å². The van der Waals surface area contributed by atoms with Gasteiger partial charge in [-0.25, -0.2) is 0 Å². The van der Waals surface area contributed by atoms with E-state index in [2.05, 4.69) is 18.9 Å². The molecule has 90 valence electrons. The highest BCUT2D eigenvalue weighted by Crippen LogP contribution is 2.16. The van der Waals surface area contributed by atoms with Crippen molar-refractivity contribution in [2.75, 3.05) is 13.2 Å². The maximum atomic E-state index is 5.67. The van der Waals surface area contributed by atoms with Crippen LogP contribution in [0.4, 0.5) is 0 Å². The van der Waals surface area contributed by atoms with Crippen LogP contribution in [-0.2, 0) is 4.74 Å². The van der Waals surface area contributed by atoms with Crippen molar-refractivity contribution in [3.8, 4) is 5.75 Å². The summed E-state index contributed by atoms with van der Waals surface area (Å²) in [5.74, 6) is 0.836. The molecule has 1 aliphatic heterocycles. The lowest BCUT2D eigenvalue weighted by Gasteiger charge is -2.22. The number of aromatic nitrogens is 2. The van der Waals surface area contributed by atoms with Gasteiger partial charge < -0.3 is 9.47 Å². The zero-order valence-corrected chi connectivity index (χ0v) is 10.1. The van der Waals surface area contributed by atoms with Crippen LogP contribution in [0.25, 0.3) is 0 Å². The van der Waals surface area contributed by atoms with Crippen LogP contribution in [0, 0.1) is 0 Å². The number of hydrogen-bond donors (Lipinski definition) is 0. The molecule has 4 nitrogen and oxygen atoms in total. The summed E-state index contributed by atoms with van der Waals surface area (Å²) < 4.78 is 13.2. The molecule has 1 unspecified atom stereocenters. The average molecular weight is 224 g/mol. The molecule has 0 aromatic carbocycles. The molecule has 1 aliphatic rings. The van der Waals surface area contributed by atoms with Crippen LogP contribution in [0.1, 0.15) is 39.2 Å². The monoisotopic (exact) mass is 224 g/mol. The Balaban J connectivity index is 1.79. The Hall–Kier alpha value is -1.03. The van der Waals surface area contributed by atoms with Gasteiger partial charge in [-0.05, 0) is 33.1 Å². The van der Waals surface area contributed by atoms with Gasteiger partial charge in [-0.3, -0.25) is 4.68 Å². The molecule has 1 aromatic rings. The summed E-state index contributed by atoms with van der Waals surface area (Å²) in [7, 11) is 0. The predicted molar refractivity (Wildman–Crippen MR) is 61.7 cm³/mol. The van der Waals surface area contributed by atoms with E-state index in [1.807, 2.05) is 10.9 Å². The normalized spacial score (nSPS) is 21.3. The summed E-state index contributed by atoms with van der Waals surface area (Å²) in [4.78, 5) is 0. The van der Waals surface area contributed by atoms with Crippen molar-refractivity contribution in [3.05, 3.63) is 12.4 Å². The molecule has 2 rings (SSSR count). The molecular formula is C12H20N2O2. The number of ether oxygens (including phenoxy) is 2. The minimum absolute atomic E-state index is 0.260. The van der Waals surface area contributed by atoms with Crippen molar-refractivity contribution in [3.63, 3.8) is 0 Å².